The van der Waals surface area contributed by atoms with E-state index in [4.69, 9.17) is 0 Å². The van der Waals surface area contributed by atoms with Gasteiger partial charge < -0.3 is 5.32 Å². The Balaban J connectivity index is 1.65. The van der Waals surface area contributed by atoms with Crippen LogP contribution in [0.15, 0.2) is 71.9 Å². The lowest BCUT2D eigenvalue weighted by Crippen LogP contribution is -2.14. The number of rotatable bonds is 7. The second-order valence-corrected chi connectivity index (χ2v) is 9.26. The topological polar surface area (TPSA) is 90.1 Å². The third-order valence-corrected chi connectivity index (χ3v) is 6.38. The summed E-state index contributed by atoms with van der Waals surface area (Å²) in [7, 11) is 0. The van der Waals surface area contributed by atoms with Gasteiger partial charge in [0, 0.05) is 23.5 Å². The van der Waals surface area contributed by atoms with E-state index in [1.807, 2.05) is 12.1 Å². The Morgan fingerprint density at radius 2 is 1.83 bits per heavy atom. The Hall–Kier alpha value is -3.86. The van der Waals surface area contributed by atoms with Crippen LogP contribution in [0.3, 0.4) is 0 Å². The number of imidazole rings is 1. The van der Waals surface area contributed by atoms with Crippen LogP contribution in [0.4, 0.5) is 24.5 Å². The summed E-state index contributed by atoms with van der Waals surface area (Å²) in [5, 5.41) is 14.2. The molecule has 0 saturated carbocycles. The standard InChI is InChI=1S/C25H21F3N4O3S/c1-15(2)16-6-8-18(9-7-16)29-23(33)14-36-24-30-21-13-20(32(34)35)10-11-22(21)31(24)19-5-3-4-17(12-19)25(26,27)28/h3-13,15H,14H2,1-2H3,(H,29,33). The number of anilines is 1. The lowest BCUT2D eigenvalue weighted by molar-refractivity contribution is -0.384. The predicted octanol–water partition coefficient (Wildman–Crippen LogP) is 6.81. The van der Waals surface area contributed by atoms with Crippen molar-refractivity contribution >= 4 is 40.1 Å². The molecule has 0 atom stereocenters. The van der Waals surface area contributed by atoms with Crippen LogP contribution in [0.25, 0.3) is 16.7 Å². The number of nitro benzene ring substituents is 1. The number of thioether (sulfide) groups is 1. The molecule has 1 N–H and O–H groups in total. The van der Waals surface area contributed by atoms with Crippen molar-refractivity contribution < 1.29 is 22.9 Å². The van der Waals surface area contributed by atoms with Gasteiger partial charge in [-0.15, -0.1) is 0 Å². The van der Waals surface area contributed by atoms with Gasteiger partial charge in [-0.25, -0.2) is 4.98 Å². The van der Waals surface area contributed by atoms with E-state index < -0.39 is 16.7 Å². The van der Waals surface area contributed by atoms with Crippen LogP contribution in [-0.2, 0) is 11.0 Å². The second kappa shape index (κ2) is 10.0. The van der Waals surface area contributed by atoms with Gasteiger partial charge in [-0.1, -0.05) is 43.8 Å². The molecule has 4 rings (SSSR count). The molecule has 3 aromatic carbocycles. The summed E-state index contributed by atoms with van der Waals surface area (Å²) in [5.74, 6) is -0.0491. The van der Waals surface area contributed by atoms with Crippen LogP contribution in [0.5, 0.6) is 0 Å². The first-order chi connectivity index (χ1) is 17.0. The monoisotopic (exact) mass is 514 g/mol. The van der Waals surface area contributed by atoms with Crippen LogP contribution in [0.2, 0.25) is 0 Å². The minimum absolute atomic E-state index is 0.0731. The van der Waals surface area contributed by atoms with Gasteiger partial charge in [0.25, 0.3) is 5.69 Å². The van der Waals surface area contributed by atoms with Gasteiger partial charge in [0.2, 0.25) is 5.91 Å². The molecule has 0 saturated heterocycles. The molecule has 0 bridgehead atoms. The van der Waals surface area contributed by atoms with Crippen molar-refractivity contribution in [3.05, 3.63) is 88.0 Å². The summed E-state index contributed by atoms with van der Waals surface area (Å²) in [4.78, 5) is 27.6. The zero-order chi connectivity index (χ0) is 26.0. The number of benzene rings is 3. The Labute approximate surface area is 208 Å². The average molecular weight is 515 g/mol. The fourth-order valence-corrected chi connectivity index (χ4v) is 4.43. The molecule has 0 aliphatic rings. The quantitative estimate of drug-likeness (QED) is 0.166. The summed E-state index contributed by atoms with van der Waals surface area (Å²) < 4.78 is 41.5. The maximum absolute atomic E-state index is 13.3. The van der Waals surface area contributed by atoms with Crippen molar-refractivity contribution in [1.29, 1.82) is 0 Å². The number of carbonyl (C=O) groups excluding carboxylic acids is 1. The number of carbonyl (C=O) groups is 1. The highest BCUT2D eigenvalue weighted by molar-refractivity contribution is 7.99. The largest absolute Gasteiger partial charge is 0.416 e. The molecule has 11 heteroatoms. The SMILES string of the molecule is CC(C)c1ccc(NC(=O)CSc2nc3cc([N+](=O)[O-])ccc3n2-c2cccc(C(F)(F)F)c2)cc1. The van der Waals surface area contributed by atoms with E-state index in [2.05, 4.69) is 24.1 Å². The molecule has 0 fully saturated rings. The molecular formula is C25H21F3N4O3S. The molecule has 0 aliphatic heterocycles. The van der Waals surface area contributed by atoms with Crippen LogP contribution in [0, 0.1) is 10.1 Å². The third kappa shape index (κ3) is 5.51. The lowest BCUT2D eigenvalue weighted by atomic mass is 10.0. The number of non-ortho nitro benzene ring substituents is 1. The molecule has 0 aliphatic carbocycles. The van der Waals surface area contributed by atoms with Crippen LogP contribution >= 0.6 is 11.8 Å². The number of aromatic nitrogens is 2. The molecule has 0 radical (unpaired) electrons. The Morgan fingerprint density at radius 1 is 1.11 bits per heavy atom. The molecule has 1 amide bonds. The van der Waals surface area contributed by atoms with Crippen molar-refractivity contribution in [3.63, 3.8) is 0 Å². The first-order valence-electron chi connectivity index (χ1n) is 10.9. The number of amides is 1. The first kappa shape index (κ1) is 25.2. The fourth-order valence-electron chi connectivity index (χ4n) is 3.61. The number of halogens is 3. The minimum atomic E-state index is -4.55. The average Bonchev–Trinajstić information content (AvgIpc) is 3.20. The molecule has 1 aromatic heterocycles. The van der Waals surface area contributed by atoms with Gasteiger partial charge in [-0.05, 0) is 47.9 Å². The van der Waals surface area contributed by atoms with Gasteiger partial charge in [0.1, 0.15) is 0 Å². The van der Waals surface area contributed by atoms with Crippen molar-refractivity contribution in [2.45, 2.75) is 31.1 Å². The highest BCUT2D eigenvalue weighted by atomic mass is 32.2. The van der Waals surface area contributed by atoms with E-state index in [1.165, 1.54) is 34.9 Å². The van der Waals surface area contributed by atoms with Crippen LogP contribution < -0.4 is 5.32 Å². The number of hydrogen-bond donors (Lipinski definition) is 1. The Bertz CT molecular complexity index is 1430. The summed E-state index contributed by atoms with van der Waals surface area (Å²) in [6.45, 7) is 4.13. The number of nitrogens with one attached hydrogen (secondary N) is 1. The second-order valence-electron chi connectivity index (χ2n) is 8.32. The van der Waals surface area contributed by atoms with Crippen molar-refractivity contribution in [1.82, 2.24) is 9.55 Å². The summed E-state index contributed by atoms with van der Waals surface area (Å²) >= 11 is 1.02. The van der Waals surface area contributed by atoms with E-state index >= 15 is 0 Å². The zero-order valence-electron chi connectivity index (χ0n) is 19.2. The molecule has 1 heterocycles. The number of nitrogens with zero attached hydrogens (tertiary/aromatic N) is 3. The van der Waals surface area contributed by atoms with E-state index in [0.29, 0.717) is 17.1 Å². The highest BCUT2D eigenvalue weighted by Crippen LogP contribution is 2.34. The van der Waals surface area contributed by atoms with Gasteiger partial charge in [-0.2, -0.15) is 13.2 Å². The Kier molecular flexibility index (Phi) is 7.02. The number of alkyl halides is 3. The number of fused-ring (bicyclic) bond motifs is 1. The maximum Gasteiger partial charge on any atom is 0.416 e. The van der Waals surface area contributed by atoms with E-state index in [0.717, 1.165) is 29.5 Å². The van der Waals surface area contributed by atoms with Crippen LogP contribution in [0.1, 0.15) is 30.9 Å². The molecule has 36 heavy (non-hydrogen) atoms. The van der Waals surface area contributed by atoms with Gasteiger partial charge in [-0.3, -0.25) is 19.5 Å². The highest BCUT2D eigenvalue weighted by Gasteiger charge is 2.31. The summed E-state index contributed by atoms with van der Waals surface area (Å²) in [6, 6.07) is 16.1. The normalized spacial score (nSPS) is 11.7. The van der Waals surface area contributed by atoms with E-state index in [1.54, 1.807) is 12.1 Å². The van der Waals surface area contributed by atoms with Crippen molar-refractivity contribution in [3.8, 4) is 5.69 Å². The van der Waals surface area contributed by atoms with Crippen molar-refractivity contribution in [2.24, 2.45) is 0 Å². The first-order valence-corrected chi connectivity index (χ1v) is 11.9. The van der Waals surface area contributed by atoms with Gasteiger partial charge >= 0.3 is 6.18 Å². The summed E-state index contributed by atoms with van der Waals surface area (Å²) in [6.07, 6.45) is -4.55. The molecule has 4 aromatic rings. The van der Waals surface area contributed by atoms with Crippen LogP contribution in [-0.4, -0.2) is 26.1 Å². The molecule has 7 nitrogen and oxygen atoms in total. The molecule has 0 unspecified atom stereocenters. The third-order valence-electron chi connectivity index (χ3n) is 5.44. The molecule has 0 spiro atoms. The van der Waals surface area contributed by atoms with Gasteiger partial charge in [0.05, 0.1) is 27.3 Å². The smallest absolute Gasteiger partial charge is 0.325 e. The minimum Gasteiger partial charge on any atom is -0.325 e. The molecule has 186 valence electrons. The van der Waals surface area contributed by atoms with E-state index in [-0.39, 0.29) is 33.7 Å². The predicted molar refractivity (Wildman–Crippen MR) is 133 cm³/mol. The Morgan fingerprint density at radius 3 is 2.47 bits per heavy atom. The number of nitro groups is 1. The maximum atomic E-state index is 13.3. The zero-order valence-corrected chi connectivity index (χ0v) is 20.1. The lowest BCUT2D eigenvalue weighted by Gasteiger charge is -2.12. The number of hydrogen-bond acceptors (Lipinski definition) is 5. The van der Waals surface area contributed by atoms with E-state index in [9.17, 15) is 28.1 Å². The molecular weight excluding hydrogens is 493 g/mol. The summed E-state index contributed by atoms with van der Waals surface area (Å²) in [5.41, 5.74) is 1.49. The fraction of sp³-hybridized carbons (Fsp3) is 0.200. The van der Waals surface area contributed by atoms with Crippen molar-refractivity contribution in [2.75, 3.05) is 11.1 Å². The van der Waals surface area contributed by atoms with Gasteiger partial charge in [0.15, 0.2) is 5.16 Å².